The molecule has 4 heterocycles. The molecule has 5 rings (SSSR count). The van der Waals surface area contributed by atoms with Crippen LogP contribution in [-0.2, 0) is 4.79 Å². The van der Waals surface area contributed by atoms with Gasteiger partial charge in [0.2, 0.25) is 5.91 Å². The van der Waals surface area contributed by atoms with Crippen LogP contribution in [0, 0.1) is 6.92 Å². The highest BCUT2D eigenvalue weighted by molar-refractivity contribution is 6.13. The topological polar surface area (TPSA) is 128 Å². The van der Waals surface area contributed by atoms with Gasteiger partial charge in [-0.05, 0) is 56.3 Å². The van der Waals surface area contributed by atoms with E-state index in [1.54, 1.807) is 79.5 Å². The zero-order valence-electron chi connectivity index (χ0n) is 18.4. The summed E-state index contributed by atoms with van der Waals surface area (Å²) in [5, 5.41) is 14.3. The van der Waals surface area contributed by atoms with Gasteiger partial charge in [0.25, 0.3) is 11.6 Å². The molecule has 10 heteroatoms. The van der Waals surface area contributed by atoms with E-state index >= 15 is 0 Å². The molecule has 0 aliphatic heterocycles. The van der Waals surface area contributed by atoms with Gasteiger partial charge in [-0.1, -0.05) is 11.2 Å². The van der Waals surface area contributed by atoms with Crippen LogP contribution in [0.25, 0.3) is 22.6 Å². The zero-order valence-corrected chi connectivity index (χ0v) is 18.4. The molecule has 1 atom stereocenters. The van der Waals surface area contributed by atoms with Gasteiger partial charge in [-0.15, -0.1) is 0 Å². The lowest BCUT2D eigenvalue weighted by Crippen LogP contribution is -2.24. The number of anilines is 2. The minimum atomic E-state index is -0.491. The molecule has 0 saturated carbocycles. The third-order valence-electron chi connectivity index (χ3n) is 5.32. The second kappa shape index (κ2) is 8.66. The molecule has 0 saturated heterocycles. The standard InChI is InChI=1S/C24H20N6O4/c1-14-21-18(13-19(20-8-4-11-33-20)28-24(21)34-29-14)23(32)27-17-7-3-6-16(12-17)26-22(31)15(2)30-10-5-9-25-30/h3-13,15H,1-2H3,(H,26,31)(H,27,32). The SMILES string of the molecule is Cc1noc2nc(-c3ccco3)cc(C(=O)Nc3cccc(NC(=O)C(C)n4cccn4)c3)c12. The number of rotatable bonds is 6. The molecule has 1 unspecified atom stereocenters. The normalized spacial score (nSPS) is 11.9. The molecule has 0 spiro atoms. The Hall–Kier alpha value is -4.73. The van der Waals surface area contributed by atoms with Gasteiger partial charge >= 0.3 is 0 Å². The molecule has 2 amide bonds. The Labute approximate surface area is 193 Å². The number of hydrogen-bond acceptors (Lipinski definition) is 7. The van der Waals surface area contributed by atoms with Gasteiger partial charge in [-0.2, -0.15) is 5.10 Å². The van der Waals surface area contributed by atoms with Crippen LogP contribution in [0.1, 0.15) is 29.0 Å². The summed E-state index contributed by atoms with van der Waals surface area (Å²) in [6.45, 7) is 3.49. The van der Waals surface area contributed by atoms with E-state index < -0.39 is 6.04 Å². The number of hydrogen-bond donors (Lipinski definition) is 2. The molecule has 170 valence electrons. The highest BCUT2D eigenvalue weighted by atomic mass is 16.5. The second-order valence-electron chi connectivity index (χ2n) is 7.67. The maximum Gasteiger partial charge on any atom is 0.259 e. The summed E-state index contributed by atoms with van der Waals surface area (Å²) in [5.74, 6) is -0.105. The van der Waals surface area contributed by atoms with Gasteiger partial charge in [-0.3, -0.25) is 14.3 Å². The zero-order chi connectivity index (χ0) is 23.7. The number of amides is 2. The predicted octanol–water partition coefficient (Wildman–Crippen LogP) is 4.44. The molecule has 0 bridgehead atoms. The van der Waals surface area contributed by atoms with Crippen LogP contribution in [0.3, 0.4) is 0 Å². The first-order chi connectivity index (χ1) is 16.5. The average Bonchev–Trinajstić information content (AvgIpc) is 3.61. The molecule has 0 aliphatic rings. The van der Waals surface area contributed by atoms with Crippen LogP contribution in [0.4, 0.5) is 11.4 Å². The third kappa shape index (κ3) is 4.04. The molecular formula is C24H20N6O4. The van der Waals surface area contributed by atoms with Crippen LogP contribution in [-0.4, -0.2) is 31.7 Å². The maximum atomic E-state index is 13.3. The Morgan fingerprint density at radius 2 is 1.88 bits per heavy atom. The Bertz CT molecular complexity index is 1470. The van der Waals surface area contributed by atoms with Crippen LogP contribution in [0.2, 0.25) is 0 Å². The lowest BCUT2D eigenvalue weighted by Gasteiger charge is -2.14. The summed E-state index contributed by atoms with van der Waals surface area (Å²) in [7, 11) is 0. The maximum absolute atomic E-state index is 13.3. The average molecular weight is 456 g/mol. The highest BCUT2D eigenvalue weighted by Crippen LogP contribution is 2.28. The largest absolute Gasteiger partial charge is 0.463 e. The molecule has 0 radical (unpaired) electrons. The van der Waals surface area contributed by atoms with Gasteiger partial charge in [0, 0.05) is 23.8 Å². The molecular weight excluding hydrogens is 436 g/mol. The monoisotopic (exact) mass is 456 g/mol. The van der Waals surface area contributed by atoms with Crippen molar-refractivity contribution in [1.29, 1.82) is 0 Å². The fraction of sp³-hybridized carbons (Fsp3) is 0.125. The molecule has 4 aromatic heterocycles. The molecule has 34 heavy (non-hydrogen) atoms. The summed E-state index contributed by atoms with van der Waals surface area (Å²) in [5.41, 5.74) is 2.63. The number of carbonyl (C=O) groups is 2. The molecule has 1 aromatic carbocycles. The fourth-order valence-corrected chi connectivity index (χ4v) is 3.57. The van der Waals surface area contributed by atoms with E-state index in [9.17, 15) is 9.59 Å². The van der Waals surface area contributed by atoms with Gasteiger partial charge in [0.05, 0.1) is 22.9 Å². The molecule has 0 fully saturated rings. The number of pyridine rings is 1. The number of nitrogens with one attached hydrogen (secondary N) is 2. The van der Waals surface area contributed by atoms with E-state index in [4.69, 9.17) is 8.94 Å². The van der Waals surface area contributed by atoms with Gasteiger partial charge in [-0.25, -0.2) is 4.98 Å². The summed E-state index contributed by atoms with van der Waals surface area (Å²) in [4.78, 5) is 30.3. The molecule has 10 nitrogen and oxygen atoms in total. The number of nitrogens with zero attached hydrogens (tertiary/aromatic N) is 4. The molecule has 5 aromatic rings. The summed E-state index contributed by atoms with van der Waals surface area (Å²) in [6.07, 6.45) is 4.87. The Morgan fingerprint density at radius 3 is 2.62 bits per heavy atom. The van der Waals surface area contributed by atoms with Crippen molar-refractivity contribution in [3.05, 3.63) is 78.4 Å². The number of fused-ring (bicyclic) bond motifs is 1. The third-order valence-corrected chi connectivity index (χ3v) is 5.32. The van der Waals surface area contributed by atoms with Crippen molar-refractivity contribution in [2.45, 2.75) is 19.9 Å². The van der Waals surface area contributed by atoms with Crippen molar-refractivity contribution in [2.24, 2.45) is 0 Å². The fourth-order valence-electron chi connectivity index (χ4n) is 3.57. The second-order valence-corrected chi connectivity index (χ2v) is 7.67. The van der Waals surface area contributed by atoms with Crippen molar-refractivity contribution in [3.8, 4) is 11.5 Å². The van der Waals surface area contributed by atoms with E-state index in [0.29, 0.717) is 39.5 Å². The van der Waals surface area contributed by atoms with E-state index in [1.807, 2.05) is 0 Å². The Balaban J connectivity index is 1.40. The molecule has 2 N–H and O–H groups in total. The number of aromatic nitrogens is 4. The number of benzene rings is 1. The molecule has 0 aliphatic carbocycles. The minimum Gasteiger partial charge on any atom is -0.463 e. The van der Waals surface area contributed by atoms with Crippen molar-refractivity contribution in [1.82, 2.24) is 19.9 Å². The predicted molar refractivity (Wildman–Crippen MR) is 124 cm³/mol. The number of aryl methyl sites for hydroxylation is 1. The Morgan fingerprint density at radius 1 is 1.06 bits per heavy atom. The van der Waals surface area contributed by atoms with E-state index in [1.165, 1.54) is 6.26 Å². The van der Waals surface area contributed by atoms with E-state index in [0.717, 1.165) is 0 Å². The first-order valence-electron chi connectivity index (χ1n) is 10.5. The van der Waals surface area contributed by atoms with Crippen molar-refractivity contribution in [2.75, 3.05) is 10.6 Å². The van der Waals surface area contributed by atoms with Crippen molar-refractivity contribution in [3.63, 3.8) is 0 Å². The van der Waals surface area contributed by atoms with Crippen LogP contribution in [0.5, 0.6) is 0 Å². The Kier molecular flexibility index (Phi) is 5.38. The summed E-state index contributed by atoms with van der Waals surface area (Å²) >= 11 is 0. The van der Waals surface area contributed by atoms with Crippen LogP contribution >= 0.6 is 0 Å². The first kappa shape index (κ1) is 21.1. The van der Waals surface area contributed by atoms with Crippen molar-refractivity contribution < 1.29 is 18.5 Å². The van der Waals surface area contributed by atoms with E-state index in [2.05, 4.69) is 25.9 Å². The first-order valence-corrected chi connectivity index (χ1v) is 10.5. The van der Waals surface area contributed by atoms with Crippen LogP contribution in [0.15, 0.2) is 76.1 Å². The van der Waals surface area contributed by atoms with E-state index in [-0.39, 0.29) is 17.5 Å². The number of furan rings is 1. The minimum absolute atomic E-state index is 0.230. The highest BCUT2D eigenvalue weighted by Gasteiger charge is 2.21. The van der Waals surface area contributed by atoms with Crippen molar-refractivity contribution >= 4 is 34.3 Å². The smallest absolute Gasteiger partial charge is 0.259 e. The number of carbonyl (C=O) groups excluding carboxylic acids is 2. The lowest BCUT2D eigenvalue weighted by atomic mass is 10.1. The van der Waals surface area contributed by atoms with Gasteiger partial charge in [0.1, 0.15) is 11.7 Å². The lowest BCUT2D eigenvalue weighted by molar-refractivity contribution is -0.119. The quantitative estimate of drug-likeness (QED) is 0.386. The van der Waals surface area contributed by atoms with Crippen LogP contribution < -0.4 is 10.6 Å². The summed E-state index contributed by atoms with van der Waals surface area (Å²) < 4.78 is 12.3. The van der Waals surface area contributed by atoms with Gasteiger partial charge < -0.3 is 19.6 Å². The summed E-state index contributed by atoms with van der Waals surface area (Å²) in [6, 6.07) is 13.3. The van der Waals surface area contributed by atoms with Gasteiger partial charge in [0.15, 0.2) is 5.76 Å².